The van der Waals surface area contributed by atoms with Gasteiger partial charge in [-0.05, 0) is 66.2 Å². The first-order valence-corrected chi connectivity index (χ1v) is 14.9. The third kappa shape index (κ3) is 2.71. The van der Waals surface area contributed by atoms with Gasteiger partial charge in [-0.15, -0.1) is 0 Å². The summed E-state index contributed by atoms with van der Waals surface area (Å²) in [6, 6.07) is 18.7. The van der Waals surface area contributed by atoms with E-state index in [4.69, 9.17) is 0 Å². The summed E-state index contributed by atoms with van der Waals surface area (Å²) < 4.78 is 28.7. The standard InChI is InChI=1S/C30H34N2O3S/c1-29(2)21-13-14-30(29)18-36(34,35)32(26(30)17-21)28(33)20-15-23(19-9-5-4-6-10-19)27-22-11-7-8-12-24(22)31(3)25(27)16-20/h4-12,20-21,25-26H,13-18H2,1-3H3/t20-,21+,25+,26+,30+/m1/s1. The molecule has 3 fully saturated rings. The molecular weight excluding hydrogens is 468 g/mol. The summed E-state index contributed by atoms with van der Waals surface area (Å²) in [5.41, 5.74) is 5.69. The number of para-hydroxylation sites is 1. The molecule has 0 aromatic heterocycles. The Balaban J connectivity index is 1.30. The van der Waals surface area contributed by atoms with Gasteiger partial charge in [0.2, 0.25) is 15.9 Å². The molecule has 1 spiro atoms. The summed E-state index contributed by atoms with van der Waals surface area (Å²) in [6.07, 6.45) is 4.05. The number of carbonyl (C=O) groups is 1. The number of hydrogen-bond donors (Lipinski definition) is 0. The molecule has 7 rings (SSSR count). The molecule has 2 bridgehead atoms. The van der Waals surface area contributed by atoms with Crippen molar-refractivity contribution in [2.45, 2.75) is 58.0 Å². The van der Waals surface area contributed by atoms with E-state index < -0.39 is 10.0 Å². The number of benzene rings is 2. The van der Waals surface area contributed by atoms with Crippen LogP contribution in [0.4, 0.5) is 5.69 Å². The van der Waals surface area contributed by atoms with Gasteiger partial charge in [0.25, 0.3) is 0 Å². The Morgan fingerprint density at radius 2 is 1.72 bits per heavy atom. The lowest BCUT2D eigenvalue weighted by Gasteiger charge is -2.39. The first-order chi connectivity index (χ1) is 17.2. The molecule has 6 heteroatoms. The SMILES string of the molecule is CN1c2ccccc2C2=C(c3ccccc3)C[C@@H](C(=O)N3[C@H]4C[C@@H]5CC[C@@]4(CS3(=O)=O)C5(C)C)C[C@@H]21. The fourth-order valence-electron chi connectivity index (χ4n) is 8.76. The van der Waals surface area contributed by atoms with Gasteiger partial charge in [0.1, 0.15) is 0 Å². The number of nitrogens with zero attached hydrogens (tertiary/aromatic N) is 2. The Labute approximate surface area is 214 Å². The molecule has 0 N–H and O–H groups in total. The number of rotatable bonds is 2. The van der Waals surface area contributed by atoms with Gasteiger partial charge in [0.05, 0.1) is 17.8 Å². The normalized spacial score (nSPS) is 35.1. The average molecular weight is 503 g/mol. The van der Waals surface area contributed by atoms with E-state index in [1.165, 1.54) is 26.7 Å². The number of hydrogen-bond acceptors (Lipinski definition) is 4. The number of anilines is 1. The zero-order chi connectivity index (χ0) is 25.0. The Bertz CT molecular complexity index is 1410. The second-order valence-electron chi connectivity index (χ2n) is 12.3. The Kier molecular flexibility index (Phi) is 4.55. The van der Waals surface area contributed by atoms with Gasteiger partial charge in [-0.1, -0.05) is 62.4 Å². The Hall–Kier alpha value is -2.60. The van der Waals surface area contributed by atoms with Crippen molar-refractivity contribution in [3.63, 3.8) is 0 Å². The van der Waals surface area contributed by atoms with E-state index in [2.05, 4.69) is 62.2 Å². The van der Waals surface area contributed by atoms with Gasteiger partial charge >= 0.3 is 0 Å². The van der Waals surface area contributed by atoms with Crippen molar-refractivity contribution in [3.05, 3.63) is 65.7 Å². The van der Waals surface area contributed by atoms with Crippen LogP contribution >= 0.6 is 0 Å². The molecule has 188 valence electrons. The van der Waals surface area contributed by atoms with Crippen LogP contribution < -0.4 is 4.90 Å². The van der Waals surface area contributed by atoms with Gasteiger partial charge in [-0.3, -0.25) is 4.79 Å². The van der Waals surface area contributed by atoms with Crippen LogP contribution in [0.25, 0.3) is 11.1 Å². The molecule has 2 aromatic rings. The van der Waals surface area contributed by atoms with Crippen molar-refractivity contribution in [3.8, 4) is 0 Å². The molecule has 5 aliphatic rings. The van der Waals surface area contributed by atoms with Gasteiger partial charge in [0.15, 0.2) is 0 Å². The van der Waals surface area contributed by atoms with E-state index in [1.54, 1.807) is 0 Å². The lowest BCUT2D eigenvalue weighted by molar-refractivity contribution is -0.133. The lowest BCUT2D eigenvalue weighted by Crippen LogP contribution is -2.48. The van der Waals surface area contributed by atoms with Crippen molar-refractivity contribution >= 4 is 32.8 Å². The largest absolute Gasteiger partial charge is 0.367 e. The quantitative estimate of drug-likeness (QED) is 0.567. The van der Waals surface area contributed by atoms with E-state index >= 15 is 0 Å². The molecule has 1 saturated heterocycles. The van der Waals surface area contributed by atoms with Crippen molar-refractivity contribution in [2.24, 2.45) is 22.7 Å². The van der Waals surface area contributed by atoms with E-state index in [-0.39, 0.29) is 40.5 Å². The molecule has 5 atom stereocenters. The second-order valence-corrected chi connectivity index (χ2v) is 14.1. The van der Waals surface area contributed by atoms with Crippen molar-refractivity contribution < 1.29 is 13.2 Å². The first kappa shape index (κ1) is 22.6. The van der Waals surface area contributed by atoms with Gasteiger partial charge in [-0.2, -0.15) is 0 Å². The minimum absolute atomic E-state index is 0.0398. The molecule has 5 nitrogen and oxygen atoms in total. The number of likely N-dealkylation sites (N-methyl/N-ethyl adjacent to an activating group) is 1. The molecular formula is C30H34N2O3S. The predicted octanol–water partition coefficient (Wildman–Crippen LogP) is 5.19. The van der Waals surface area contributed by atoms with Crippen LogP contribution in [-0.2, 0) is 14.8 Å². The topological polar surface area (TPSA) is 57.7 Å². The van der Waals surface area contributed by atoms with Crippen LogP contribution in [-0.4, -0.2) is 43.5 Å². The van der Waals surface area contributed by atoms with E-state index in [1.807, 2.05) is 18.2 Å². The number of fused-ring (bicyclic) bond motifs is 4. The van der Waals surface area contributed by atoms with E-state index in [0.717, 1.165) is 24.8 Å². The van der Waals surface area contributed by atoms with E-state index in [0.29, 0.717) is 18.8 Å². The zero-order valence-corrected chi connectivity index (χ0v) is 22.1. The molecule has 2 aromatic carbocycles. The highest BCUT2D eigenvalue weighted by molar-refractivity contribution is 7.90. The third-order valence-corrected chi connectivity index (χ3v) is 12.7. The molecule has 1 amide bonds. The van der Waals surface area contributed by atoms with Gasteiger partial charge in [-0.25, -0.2) is 12.7 Å². The van der Waals surface area contributed by atoms with Gasteiger partial charge < -0.3 is 4.90 Å². The smallest absolute Gasteiger partial charge is 0.239 e. The summed E-state index contributed by atoms with van der Waals surface area (Å²) in [7, 11) is -1.52. The summed E-state index contributed by atoms with van der Waals surface area (Å²) in [5, 5.41) is 0. The average Bonchev–Trinajstić information content (AvgIpc) is 3.46. The van der Waals surface area contributed by atoms with Crippen molar-refractivity contribution in [1.82, 2.24) is 4.31 Å². The molecule has 0 radical (unpaired) electrons. The molecule has 36 heavy (non-hydrogen) atoms. The third-order valence-electron chi connectivity index (χ3n) is 10.8. The minimum atomic E-state index is -3.63. The Morgan fingerprint density at radius 1 is 1.00 bits per heavy atom. The predicted molar refractivity (Wildman–Crippen MR) is 143 cm³/mol. The first-order valence-electron chi connectivity index (χ1n) is 13.3. The molecule has 2 saturated carbocycles. The van der Waals surface area contributed by atoms with Crippen LogP contribution in [0.15, 0.2) is 54.6 Å². The maximum absolute atomic E-state index is 14.3. The van der Waals surface area contributed by atoms with E-state index in [9.17, 15) is 13.2 Å². The number of allylic oxidation sites excluding steroid dienone is 1. The monoisotopic (exact) mass is 502 g/mol. The summed E-state index contributed by atoms with van der Waals surface area (Å²) in [6.45, 7) is 4.48. The maximum atomic E-state index is 14.3. The van der Waals surface area contributed by atoms with Crippen LogP contribution in [0.2, 0.25) is 0 Å². The highest BCUT2D eigenvalue weighted by Crippen LogP contribution is 2.70. The minimum Gasteiger partial charge on any atom is -0.367 e. The fourth-order valence-corrected chi connectivity index (χ4v) is 11.4. The maximum Gasteiger partial charge on any atom is 0.239 e. The molecule has 3 aliphatic carbocycles. The number of sulfonamides is 1. The summed E-state index contributed by atoms with van der Waals surface area (Å²) in [5.74, 6) is 0.116. The number of amides is 1. The van der Waals surface area contributed by atoms with Crippen molar-refractivity contribution in [1.29, 1.82) is 0 Å². The van der Waals surface area contributed by atoms with Crippen LogP contribution in [0.1, 0.15) is 57.1 Å². The highest BCUT2D eigenvalue weighted by atomic mass is 32.2. The second kappa shape index (κ2) is 7.25. The van der Waals surface area contributed by atoms with Crippen LogP contribution in [0, 0.1) is 22.7 Å². The lowest BCUT2D eigenvalue weighted by atomic mass is 9.69. The summed E-state index contributed by atoms with van der Waals surface area (Å²) >= 11 is 0. The fraction of sp³-hybridized carbons (Fsp3) is 0.500. The summed E-state index contributed by atoms with van der Waals surface area (Å²) in [4.78, 5) is 16.6. The van der Waals surface area contributed by atoms with Crippen LogP contribution in [0.3, 0.4) is 0 Å². The Morgan fingerprint density at radius 3 is 2.47 bits per heavy atom. The molecule has 2 heterocycles. The number of carbonyl (C=O) groups excluding carboxylic acids is 1. The van der Waals surface area contributed by atoms with Crippen LogP contribution in [0.5, 0.6) is 0 Å². The zero-order valence-electron chi connectivity index (χ0n) is 21.3. The van der Waals surface area contributed by atoms with Gasteiger partial charge in [0, 0.05) is 29.6 Å². The van der Waals surface area contributed by atoms with Crippen molar-refractivity contribution in [2.75, 3.05) is 17.7 Å². The molecule has 0 unspecified atom stereocenters. The highest BCUT2D eigenvalue weighted by Gasteiger charge is 2.72. The molecule has 2 aliphatic heterocycles.